The van der Waals surface area contributed by atoms with E-state index in [1.165, 1.54) is 16.5 Å². The standard InChI is InChI=1S/C12H11Br2N/c1-15(2)12-9-6-4-3-5-8(9)10(13)7-11(12)14/h3-7H,1-2H3. The highest BCUT2D eigenvalue weighted by Gasteiger charge is 2.10. The summed E-state index contributed by atoms with van der Waals surface area (Å²) in [5.41, 5.74) is 1.22. The Labute approximate surface area is 106 Å². The zero-order valence-electron chi connectivity index (χ0n) is 8.59. The Balaban J connectivity index is 2.90. The molecule has 0 saturated heterocycles. The molecular formula is C12H11Br2N. The average molecular weight is 329 g/mol. The van der Waals surface area contributed by atoms with Gasteiger partial charge in [-0.3, -0.25) is 0 Å². The van der Waals surface area contributed by atoms with Gasteiger partial charge < -0.3 is 4.90 Å². The van der Waals surface area contributed by atoms with E-state index in [2.05, 4.69) is 81.2 Å². The minimum absolute atomic E-state index is 1.11. The van der Waals surface area contributed by atoms with Crippen molar-refractivity contribution in [1.29, 1.82) is 0 Å². The van der Waals surface area contributed by atoms with Crippen LogP contribution in [0.15, 0.2) is 39.3 Å². The third-order valence-electron chi connectivity index (χ3n) is 2.37. The van der Waals surface area contributed by atoms with E-state index in [1.54, 1.807) is 0 Å². The van der Waals surface area contributed by atoms with Gasteiger partial charge >= 0.3 is 0 Å². The first kappa shape index (κ1) is 11.0. The molecule has 0 N–H and O–H groups in total. The Hall–Kier alpha value is -0.540. The van der Waals surface area contributed by atoms with Crippen molar-refractivity contribution in [3.63, 3.8) is 0 Å². The summed E-state index contributed by atoms with van der Waals surface area (Å²) < 4.78 is 2.23. The van der Waals surface area contributed by atoms with E-state index in [0.717, 1.165) is 8.95 Å². The maximum Gasteiger partial charge on any atom is 0.0585 e. The number of hydrogen-bond donors (Lipinski definition) is 0. The van der Waals surface area contributed by atoms with E-state index < -0.39 is 0 Å². The van der Waals surface area contributed by atoms with Gasteiger partial charge in [-0.1, -0.05) is 40.2 Å². The third kappa shape index (κ3) is 1.91. The van der Waals surface area contributed by atoms with E-state index in [4.69, 9.17) is 0 Å². The molecule has 0 heterocycles. The summed E-state index contributed by atoms with van der Waals surface area (Å²) in [5, 5.41) is 2.49. The quantitative estimate of drug-likeness (QED) is 0.748. The molecule has 0 bridgehead atoms. The molecule has 0 fully saturated rings. The second kappa shape index (κ2) is 4.14. The number of halogens is 2. The fraction of sp³-hybridized carbons (Fsp3) is 0.167. The molecule has 2 aromatic carbocycles. The van der Waals surface area contributed by atoms with Crippen molar-refractivity contribution >= 4 is 48.3 Å². The lowest BCUT2D eigenvalue weighted by Crippen LogP contribution is -2.09. The largest absolute Gasteiger partial charge is 0.376 e. The average Bonchev–Trinajstić information content (AvgIpc) is 2.17. The molecule has 0 aliphatic heterocycles. The van der Waals surface area contributed by atoms with E-state index in [0.29, 0.717) is 0 Å². The molecule has 2 rings (SSSR count). The second-order valence-electron chi connectivity index (χ2n) is 3.63. The summed E-state index contributed by atoms with van der Waals surface area (Å²) in [5.74, 6) is 0. The van der Waals surface area contributed by atoms with Crippen LogP contribution in [-0.2, 0) is 0 Å². The van der Waals surface area contributed by atoms with Crippen molar-refractivity contribution in [3.05, 3.63) is 39.3 Å². The summed E-state index contributed by atoms with van der Waals surface area (Å²) in [6, 6.07) is 10.5. The van der Waals surface area contributed by atoms with Gasteiger partial charge in [0.2, 0.25) is 0 Å². The summed E-state index contributed by atoms with van der Waals surface area (Å²) in [4.78, 5) is 2.12. The molecule has 0 amide bonds. The highest BCUT2D eigenvalue weighted by Crippen LogP contribution is 2.37. The van der Waals surface area contributed by atoms with Crippen LogP contribution in [0.3, 0.4) is 0 Å². The molecule has 0 saturated carbocycles. The molecule has 0 atom stereocenters. The number of fused-ring (bicyclic) bond motifs is 1. The van der Waals surface area contributed by atoms with Gasteiger partial charge in [-0.15, -0.1) is 0 Å². The fourth-order valence-corrected chi connectivity index (χ4v) is 3.42. The molecule has 15 heavy (non-hydrogen) atoms. The number of benzene rings is 2. The molecule has 1 nitrogen and oxygen atoms in total. The molecular weight excluding hydrogens is 318 g/mol. The Kier molecular flexibility index (Phi) is 3.03. The van der Waals surface area contributed by atoms with Gasteiger partial charge in [-0.2, -0.15) is 0 Å². The number of hydrogen-bond acceptors (Lipinski definition) is 1. The van der Waals surface area contributed by atoms with Crippen molar-refractivity contribution in [2.75, 3.05) is 19.0 Å². The lowest BCUT2D eigenvalue weighted by molar-refractivity contribution is 1.14. The molecule has 0 aliphatic carbocycles. The smallest absolute Gasteiger partial charge is 0.0585 e. The van der Waals surface area contributed by atoms with Crippen LogP contribution >= 0.6 is 31.9 Å². The van der Waals surface area contributed by atoms with Crippen LogP contribution in [0.4, 0.5) is 5.69 Å². The highest BCUT2D eigenvalue weighted by molar-refractivity contribution is 9.11. The zero-order chi connectivity index (χ0) is 11.0. The van der Waals surface area contributed by atoms with E-state index in [-0.39, 0.29) is 0 Å². The number of anilines is 1. The minimum Gasteiger partial charge on any atom is -0.376 e. The van der Waals surface area contributed by atoms with Crippen LogP contribution in [0, 0.1) is 0 Å². The summed E-state index contributed by atoms with van der Waals surface area (Å²) in [6.45, 7) is 0. The summed E-state index contributed by atoms with van der Waals surface area (Å²) in [6.07, 6.45) is 0. The lowest BCUT2D eigenvalue weighted by atomic mass is 10.1. The molecule has 0 aliphatic rings. The molecule has 0 aromatic heterocycles. The van der Waals surface area contributed by atoms with Crippen LogP contribution in [-0.4, -0.2) is 14.1 Å². The van der Waals surface area contributed by atoms with Gasteiger partial charge in [0.1, 0.15) is 0 Å². The predicted molar refractivity (Wildman–Crippen MR) is 73.7 cm³/mol. The van der Waals surface area contributed by atoms with Crippen molar-refractivity contribution < 1.29 is 0 Å². The molecule has 2 aromatic rings. The van der Waals surface area contributed by atoms with Crippen LogP contribution < -0.4 is 4.90 Å². The van der Waals surface area contributed by atoms with Crippen molar-refractivity contribution in [2.24, 2.45) is 0 Å². The number of nitrogens with zero attached hydrogens (tertiary/aromatic N) is 1. The number of rotatable bonds is 1. The Morgan fingerprint density at radius 3 is 2.13 bits per heavy atom. The minimum atomic E-state index is 1.11. The molecule has 3 heteroatoms. The zero-order valence-corrected chi connectivity index (χ0v) is 11.8. The van der Waals surface area contributed by atoms with Crippen LogP contribution in [0.25, 0.3) is 10.8 Å². The van der Waals surface area contributed by atoms with E-state index in [9.17, 15) is 0 Å². The van der Waals surface area contributed by atoms with Crippen LogP contribution in [0.5, 0.6) is 0 Å². The molecule has 0 spiro atoms. The van der Waals surface area contributed by atoms with Crippen LogP contribution in [0.2, 0.25) is 0 Å². The second-order valence-corrected chi connectivity index (χ2v) is 5.34. The molecule has 0 radical (unpaired) electrons. The first-order chi connectivity index (χ1) is 7.11. The van der Waals surface area contributed by atoms with Crippen molar-refractivity contribution in [1.82, 2.24) is 0 Å². The monoisotopic (exact) mass is 327 g/mol. The van der Waals surface area contributed by atoms with Crippen molar-refractivity contribution in [3.8, 4) is 0 Å². The van der Waals surface area contributed by atoms with Gasteiger partial charge in [-0.05, 0) is 27.4 Å². The normalized spacial score (nSPS) is 10.7. The van der Waals surface area contributed by atoms with Gasteiger partial charge in [0.05, 0.1) is 5.69 Å². The lowest BCUT2D eigenvalue weighted by Gasteiger charge is -2.18. The van der Waals surface area contributed by atoms with Gasteiger partial charge in [-0.25, -0.2) is 0 Å². The maximum absolute atomic E-state index is 3.60. The summed E-state index contributed by atoms with van der Waals surface area (Å²) in [7, 11) is 4.11. The summed E-state index contributed by atoms with van der Waals surface area (Å²) >= 11 is 7.18. The Bertz CT molecular complexity index is 506. The Morgan fingerprint density at radius 2 is 1.53 bits per heavy atom. The Morgan fingerprint density at radius 1 is 0.933 bits per heavy atom. The maximum atomic E-state index is 3.60. The van der Waals surface area contributed by atoms with E-state index >= 15 is 0 Å². The predicted octanol–water partition coefficient (Wildman–Crippen LogP) is 4.43. The van der Waals surface area contributed by atoms with Gasteiger partial charge in [0.15, 0.2) is 0 Å². The molecule has 0 unspecified atom stereocenters. The third-order valence-corrected chi connectivity index (χ3v) is 3.63. The van der Waals surface area contributed by atoms with Gasteiger partial charge in [0.25, 0.3) is 0 Å². The topological polar surface area (TPSA) is 3.24 Å². The first-order valence-corrected chi connectivity index (χ1v) is 6.24. The SMILES string of the molecule is CN(C)c1c(Br)cc(Br)c2ccccc12. The fourth-order valence-electron chi connectivity index (χ4n) is 1.74. The van der Waals surface area contributed by atoms with Gasteiger partial charge in [0, 0.05) is 28.4 Å². The highest BCUT2D eigenvalue weighted by atomic mass is 79.9. The van der Waals surface area contributed by atoms with E-state index in [1.807, 2.05) is 0 Å². The first-order valence-electron chi connectivity index (χ1n) is 4.65. The molecule has 78 valence electrons. The van der Waals surface area contributed by atoms with Crippen molar-refractivity contribution in [2.45, 2.75) is 0 Å². The van der Waals surface area contributed by atoms with Crippen LogP contribution in [0.1, 0.15) is 0 Å².